The zero-order chi connectivity index (χ0) is 16.4. The Morgan fingerprint density at radius 2 is 1.88 bits per heavy atom. The van der Waals surface area contributed by atoms with Gasteiger partial charge >= 0.3 is 0 Å². The van der Waals surface area contributed by atoms with Gasteiger partial charge in [-0.2, -0.15) is 4.80 Å². The number of hydrogen-bond acceptors (Lipinski definition) is 4. The predicted molar refractivity (Wildman–Crippen MR) is 89.9 cm³/mol. The fourth-order valence-corrected chi connectivity index (χ4v) is 4.06. The fourth-order valence-electron chi connectivity index (χ4n) is 4.06. The van der Waals surface area contributed by atoms with Crippen LogP contribution in [0.4, 0.5) is 0 Å². The van der Waals surface area contributed by atoms with E-state index in [-0.39, 0.29) is 12.5 Å². The van der Waals surface area contributed by atoms with Crippen molar-refractivity contribution in [3.8, 4) is 11.4 Å². The van der Waals surface area contributed by atoms with E-state index in [9.17, 15) is 4.79 Å². The summed E-state index contributed by atoms with van der Waals surface area (Å²) in [4.78, 5) is 16.0. The van der Waals surface area contributed by atoms with Crippen molar-refractivity contribution in [2.24, 2.45) is 11.8 Å². The Morgan fingerprint density at radius 1 is 1.08 bits per heavy atom. The van der Waals surface area contributed by atoms with Gasteiger partial charge in [-0.25, -0.2) is 0 Å². The number of hydrogen-bond donors (Lipinski definition) is 0. The SMILES string of the molecule is O=C(Cn1nnc(-c2ccccc2)n1)N1CC[C@@H]2CCCC[C@H]2C1. The van der Waals surface area contributed by atoms with Crippen LogP contribution in [0.1, 0.15) is 32.1 Å². The molecule has 1 aliphatic carbocycles. The first-order valence-corrected chi connectivity index (χ1v) is 8.90. The molecule has 6 heteroatoms. The third-order valence-corrected chi connectivity index (χ3v) is 5.41. The highest BCUT2D eigenvalue weighted by atomic mass is 16.2. The highest BCUT2D eigenvalue weighted by Crippen LogP contribution is 2.36. The van der Waals surface area contributed by atoms with Crippen LogP contribution >= 0.6 is 0 Å². The van der Waals surface area contributed by atoms with Gasteiger partial charge in [-0.15, -0.1) is 10.2 Å². The first kappa shape index (κ1) is 15.3. The number of rotatable bonds is 3. The molecule has 1 aliphatic heterocycles. The minimum atomic E-state index is 0.107. The first-order chi connectivity index (χ1) is 11.8. The van der Waals surface area contributed by atoms with Crippen molar-refractivity contribution in [2.75, 3.05) is 13.1 Å². The maximum atomic E-state index is 12.6. The molecule has 24 heavy (non-hydrogen) atoms. The second kappa shape index (κ2) is 6.71. The zero-order valence-corrected chi connectivity index (χ0v) is 13.8. The Morgan fingerprint density at radius 3 is 2.71 bits per heavy atom. The summed E-state index contributed by atoms with van der Waals surface area (Å²) >= 11 is 0. The highest BCUT2D eigenvalue weighted by Gasteiger charge is 2.33. The molecule has 6 nitrogen and oxygen atoms in total. The number of likely N-dealkylation sites (tertiary alicyclic amines) is 1. The van der Waals surface area contributed by atoms with Gasteiger partial charge in [0.2, 0.25) is 11.7 Å². The third kappa shape index (κ3) is 3.18. The van der Waals surface area contributed by atoms with Gasteiger partial charge in [0.25, 0.3) is 0 Å². The van der Waals surface area contributed by atoms with Gasteiger partial charge in [-0.1, -0.05) is 49.6 Å². The molecular formula is C18H23N5O. The topological polar surface area (TPSA) is 63.9 Å². The van der Waals surface area contributed by atoms with Crippen molar-refractivity contribution in [3.05, 3.63) is 30.3 Å². The summed E-state index contributed by atoms with van der Waals surface area (Å²) in [5.74, 6) is 2.20. The molecule has 1 amide bonds. The van der Waals surface area contributed by atoms with Gasteiger partial charge in [0, 0.05) is 18.7 Å². The number of tetrazole rings is 1. The molecular weight excluding hydrogens is 302 g/mol. The van der Waals surface area contributed by atoms with E-state index >= 15 is 0 Å². The van der Waals surface area contributed by atoms with Gasteiger partial charge in [0.15, 0.2) is 0 Å². The Balaban J connectivity index is 1.39. The van der Waals surface area contributed by atoms with Crippen molar-refractivity contribution in [1.82, 2.24) is 25.1 Å². The largest absolute Gasteiger partial charge is 0.341 e. The molecule has 2 heterocycles. The van der Waals surface area contributed by atoms with E-state index in [1.54, 1.807) is 0 Å². The number of carbonyl (C=O) groups is 1. The Hall–Kier alpha value is -2.24. The van der Waals surface area contributed by atoms with Crippen LogP contribution in [0.25, 0.3) is 11.4 Å². The number of fused-ring (bicyclic) bond motifs is 1. The quantitative estimate of drug-likeness (QED) is 0.869. The van der Waals surface area contributed by atoms with E-state index in [1.165, 1.54) is 30.5 Å². The molecule has 0 N–H and O–H groups in total. The van der Waals surface area contributed by atoms with Crippen molar-refractivity contribution in [3.63, 3.8) is 0 Å². The van der Waals surface area contributed by atoms with Crippen LogP contribution < -0.4 is 0 Å². The Kier molecular flexibility index (Phi) is 4.28. The van der Waals surface area contributed by atoms with Crippen LogP contribution in [-0.4, -0.2) is 44.1 Å². The lowest BCUT2D eigenvalue weighted by Gasteiger charge is -2.41. The number of benzene rings is 1. The van der Waals surface area contributed by atoms with Crippen LogP contribution in [0.15, 0.2) is 30.3 Å². The lowest BCUT2D eigenvalue weighted by Crippen LogP contribution is -2.46. The van der Waals surface area contributed by atoms with Crippen LogP contribution in [0.3, 0.4) is 0 Å². The first-order valence-electron chi connectivity index (χ1n) is 8.90. The van der Waals surface area contributed by atoms with E-state index in [4.69, 9.17) is 0 Å². The van der Waals surface area contributed by atoms with Gasteiger partial charge in [0.05, 0.1) is 0 Å². The van der Waals surface area contributed by atoms with E-state index in [2.05, 4.69) is 15.4 Å². The lowest BCUT2D eigenvalue weighted by molar-refractivity contribution is -0.135. The lowest BCUT2D eigenvalue weighted by atomic mass is 9.75. The van der Waals surface area contributed by atoms with E-state index in [0.29, 0.717) is 11.7 Å². The van der Waals surface area contributed by atoms with Gasteiger partial charge < -0.3 is 4.90 Å². The van der Waals surface area contributed by atoms with Crippen molar-refractivity contribution >= 4 is 5.91 Å². The average molecular weight is 325 g/mol. The standard InChI is InChI=1S/C18H23N5O/c24-17(22-11-10-14-6-4-5-9-16(14)12-22)13-23-20-18(19-21-23)15-7-2-1-3-8-15/h1-3,7-8,14,16H,4-6,9-13H2/t14-,16-/m0/s1. The summed E-state index contributed by atoms with van der Waals surface area (Å²) in [7, 11) is 0. The number of piperidine rings is 1. The molecule has 0 radical (unpaired) electrons. The third-order valence-electron chi connectivity index (χ3n) is 5.41. The normalized spacial score (nSPS) is 23.8. The number of nitrogens with zero attached hydrogens (tertiary/aromatic N) is 5. The molecule has 2 aromatic rings. The molecule has 0 unspecified atom stereocenters. The molecule has 0 spiro atoms. The molecule has 2 aliphatic rings. The number of amides is 1. The van der Waals surface area contributed by atoms with Crippen molar-refractivity contribution in [1.29, 1.82) is 0 Å². The summed E-state index contributed by atoms with van der Waals surface area (Å²) in [5, 5.41) is 12.4. The van der Waals surface area contributed by atoms with Crippen LogP contribution in [0.2, 0.25) is 0 Å². The summed E-state index contributed by atoms with van der Waals surface area (Å²) in [6.45, 7) is 1.96. The molecule has 1 saturated heterocycles. The molecule has 1 aromatic carbocycles. The summed E-state index contributed by atoms with van der Waals surface area (Å²) in [6.07, 6.45) is 6.44. The fraction of sp³-hybridized carbons (Fsp3) is 0.556. The van der Waals surface area contributed by atoms with Crippen LogP contribution in [-0.2, 0) is 11.3 Å². The molecule has 2 fully saturated rings. The predicted octanol–water partition coefficient (Wildman–Crippen LogP) is 2.38. The molecule has 1 aromatic heterocycles. The smallest absolute Gasteiger partial charge is 0.246 e. The monoisotopic (exact) mass is 325 g/mol. The Labute approximate surface area is 141 Å². The van der Waals surface area contributed by atoms with Crippen LogP contribution in [0.5, 0.6) is 0 Å². The minimum absolute atomic E-state index is 0.107. The summed E-state index contributed by atoms with van der Waals surface area (Å²) < 4.78 is 0. The van der Waals surface area contributed by atoms with Gasteiger partial charge in [-0.05, 0) is 29.9 Å². The summed E-state index contributed by atoms with van der Waals surface area (Å²) in [5.41, 5.74) is 0.916. The molecule has 126 valence electrons. The van der Waals surface area contributed by atoms with E-state index in [1.807, 2.05) is 35.2 Å². The van der Waals surface area contributed by atoms with Crippen molar-refractivity contribution in [2.45, 2.75) is 38.6 Å². The number of aromatic nitrogens is 4. The average Bonchev–Trinajstić information content (AvgIpc) is 3.10. The van der Waals surface area contributed by atoms with E-state index in [0.717, 1.165) is 31.0 Å². The van der Waals surface area contributed by atoms with Crippen LogP contribution in [0, 0.1) is 11.8 Å². The Bertz CT molecular complexity index is 698. The molecule has 4 rings (SSSR count). The molecule has 1 saturated carbocycles. The second-order valence-electron chi connectivity index (χ2n) is 6.94. The highest BCUT2D eigenvalue weighted by molar-refractivity contribution is 5.76. The van der Waals surface area contributed by atoms with Gasteiger partial charge in [0.1, 0.15) is 6.54 Å². The summed E-state index contributed by atoms with van der Waals surface area (Å²) in [6, 6.07) is 9.71. The maximum absolute atomic E-state index is 12.6. The maximum Gasteiger partial charge on any atom is 0.246 e. The number of carbonyl (C=O) groups excluding carboxylic acids is 1. The van der Waals surface area contributed by atoms with E-state index < -0.39 is 0 Å². The molecule has 0 bridgehead atoms. The zero-order valence-electron chi connectivity index (χ0n) is 13.8. The van der Waals surface area contributed by atoms with Gasteiger partial charge in [-0.3, -0.25) is 4.79 Å². The molecule has 2 atom stereocenters. The minimum Gasteiger partial charge on any atom is -0.341 e. The second-order valence-corrected chi connectivity index (χ2v) is 6.94. The van der Waals surface area contributed by atoms with Crippen molar-refractivity contribution < 1.29 is 4.79 Å².